The van der Waals surface area contributed by atoms with Crippen LogP contribution in [-0.4, -0.2) is 87.2 Å². The number of nitrogens with zero attached hydrogens (tertiary/aromatic N) is 4. The molecule has 0 atom stereocenters. The SMILES string of the molecule is COC1CCN(C(C)(C)CN=C(N(C)C)N(C)C)CC1. The van der Waals surface area contributed by atoms with Crippen molar-refractivity contribution in [1.29, 1.82) is 0 Å². The van der Waals surface area contributed by atoms with Gasteiger partial charge in [-0.15, -0.1) is 0 Å². The molecule has 0 N–H and O–H groups in total. The van der Waals surface area contributed by atoms with Gasteiger partial charge in [-0.2, -0.15) is 0 Å². The molecular weight excluding hydrogens is 252 g/mol. The van der Waals surface area contributed by atoms with Crippen LogP contribution in [0.25, 0.3) is 0 Å². The number of methoxy groups -OCH3 is 1. The zero-order chi connectivity index (χ0) is 15.3. The summed E-state index contributed by atoms with van der Waals surface area (Å²) in [5, 5.41) is 0. The van der Waals surface area contributed by atoms with Crippen LogP contribution in [0.4, 0.5) is 0 Å². The Morgan fingerprint density at radius 1 is 1.15 bits per heavy atom. The third-order valence-corrected chi connectivity index (χ3v) is 4.04. The van der Waals surface area contributed by atoms with E-state index in [1.165, 1.54) is 0 Å². The minimum absolute atomic E-state index is 0.0932. The predicted octanol–water partition coefficient (Wildman–Crippen LogP) is 1.36. The Labute approximate surface area is 124 Å². The molecule has 0 unspecified atom stereocenters. The standard InChI is InChI=1S/C15H32N4O/c1-15(2,12-16-14(17(3)4)18(5)6)19-10-8-13(20-7)9-11-19/h13H,8-12H2,1-7H3. The van der Waals surface area contributed by atoms with Gasteiger partial charge in [-0.3, -0.25) is 9.89 Å². The summed E-state index contributed by atoms with van der Waals surface area (Å²) in [6, 6.07) is 0. The topological polar surface area (TPSA) is 31.3 Å². The minimum Gasteiger partial charge on any atom is -0.381 e. The minimum atomic E-state index is 0.0932. The number of likely N-dealkylation sites (tertiary alicyclic amines) is 1. The summed E-state index contributed by atoms with van der Waals surface area (Å²) in [6.45, 7) is 7.58. The van der Waals surface area contributed by atoms with Gasteiger partial charge in [0.05, 0.1) is 12.6 Å². The highest BCUT2D eigenvalue weighted by atomic mass is 16.5. The van der Waals surface area contributed by atoms with E-state index >= 15 is 0 Å². The Bertz CT molecular complexity index is 308. The molecular formula is C15H32N4O. The van der Waals surface area contributed by atoms with Gasteiger partial charge in [0, 0.05) is 53.9 Å². The van der Waals surface area contributed by atoms with Crippen molar-refractivity contribution in [3.63, 3.8) is 0 Å². The highest BCUT2D eigenvalue weighted by Gasteiger charge is 2.30. The Kier molecular flexibility index (Phi) is 6.27. The second-order valence-corrected chi connectivity index (χ2v) is 6.64. The number of rotatable bonds is 4. The highest BCUT2D eigenvalue weighted by Crippen LogP contribution is 2.22. The molecule has 118 valence electrons. The molecule has 1 saturated heterocycles. The first-order valence-electron chi connectivity index (χ1n) is 7.45. The maximum absolute atomic E-state index is 5.45. The van der Waals surface area contributed by atoms with E-state index in [9.17, 15) is 0 Å². The van der Waals surface area contributed by atoms with Crippen molar-refractivity contribution < 1.29 is 4.74 Å². The lowest BCUT2D eigenvalue weighted by Gasteiger charge is -2.42. The number of hydrogen-bond donors (Lipinski definition) is 0. The first-order valence-corrected chi connectivity index (χ1v) is 7.45. The monoisotopic (exact) mass is 284 g/mol. The van der Waals surface area contributed by atoms with Crippen LogP contribution in [0.2, 0.25) is 0 Å². The van der Waals surface area contributed by atoms with E-state index < -0.39 is 0 Å². The zero-order valence-corrected chi connectivity index (χ0v) is 14.3. The number of hydrogen-bond acceptors (Lipinski definition) is 3. The van der Waals surface area contributed by atoms with Gasteiger partial charge in [0.2, 0.25) is 0 Å². The average Bonchev–Trinajstić information content (AvgIpc) is 2.38. The molecule has 0 spiro atoms. The summed E-state index contributed by atoms with van der Waals surface area (Å²) >= 11 is 0. The molecule has 1 fully saturated rings. The fourth-order valence-electron chi connectivity index (χ4n) is 2.74. The van der Waals surface area contributed by atoms with Crippen molar-refractivity contribution in [3.05, 3.63) is 0 Å². The second kappa shape index (κ2) is 7.27. The maximum Gasteiger partial charge on any atom is 0.195 e. The van der Waals surface area contributed by atoms with Gasteiger partial charge in [-0.05, 0) is 26.7 Å². The Balaban J connectivity index is 2.63. The summed E-state index contributed by atoms with van der Waals surface area (Å²) in [6.07, 6.45) is 2.68. The third-order valence-electron chi connectivity index (χ3n) is 4.04. The van der Waals surface area contributed by atoms with Crippen molar-refractivity contribution in [2.45, 2.75) is 38.3 Å². The lowest BCUT2D eigenvalue weighted by atomic mass is 9.97. The van der Waals surface area contributed by atoms with E-state index in [1.54, 1.807) is 0 Å². The highest BCUT2D eigenvalue weighted by molar-refractivity contribution is 5.79. The summed E-state index contributed by atoms with van der Waals surface area (Å²) in [5.41, 5.74) is 0.0932. The van der Waals surface area contributed by atoms with Crippen LogP contribution in [0, 0.1) is 0 Å². The summed E-state index contributed by atoms with van der Waals surface area (Å²) < 4.78 is 5.45. The molecule has 1 aliphatic heterocycles. The van der Waals surface area contributed by atoms with Gasteiger partial charge in [0.25, 0.3) is 0 Å². The van der Waals surface area contributed by atoms with Gasteiger partial charge in [0.15, 0.2) is 5.96 Å². The number of piperidine rings is 1. The molecule has 1 aliphatic rings. The second-order valence-electron chi connectivity index (χ2n) is 6.64. The molecule has 1 rings (SSSR count). The number of ether oxygens (including phenoxy) is 1. The van der Waals surface area contributed by atoms with Crippen molar-refractivity contribution in [2.75, 3.05) is 54.9 Å². The number of aliphatic imine (C=N–C) groups is 1. The van der Waals surface area contributed by atoms with Gasteiger partial charge in [0.1, 0.15) is 0 Å². The van der Waals surface area contributed by atoms with Crippen LogP contribution in [-0.2, 0) is 4.74 Å². The van der Waals surface area contributed by atoms with E-state index in [1.807, 2.05) is 35.3 Å². The van der Waals surface area contributed by atoms with Crippen LogP contribution in [0.1, 0.15) is 26.7 Å². The molecule has 0 radical (unpaired) electrons. The first-order chi connectivity index (χ1) is 9.27. The predicted molar refractivity (Wildman–Crippen MR) is 85.4 cm³/mol. The van der Waals surface area contributed by atoms with E-state index in [0.717, 1.165) is 38.4 Å². The van der Waals surface area contributed by atoms with Crippen molar-refractivity contribution in [3.8, 4) is 0 Å². The zero-order valence-electron chi connectivity index (χ0n) is 14.3. The summed E-state index contributed by atoms with van der Waals surface area (Å²) in [4.78, 5) is 11.5. The van der Waals surface area contributed by atoms with Crippen LogP contribution in [0.15, 0.2) is 4.99 Å². The fourth-order valence-corrected chi connectivity index (χ4v) is 2.74. The summed E-state index contributed by atoms with van der Waals surface area (Å²) in [7, 11) is 9.97. The van der Waals surface area contributed by atoms with Crippen LogP contribution >= 0.6 is 0 Å². The largest absolute Gasteiger partial charge is 0.381 e. The van der Waals surface area contributed by atoms with Crippen molar-refractivity contribution in [2.24, 2.45) is 4.99 Å². The summed E-state index contributed by atoms with van der Waals surface area (Å²) in [5.74, 6) is 1.02. The molecule has 0 amide bonds. The number of guanidine groups is 1. The van der Waals surface area contributed by atoms with E-state index in [2.05, 4.69) is 28.5 Å². The fraction of sp³-hybridized carbons (Fsp3) is 0.933. The molecule has 0 aromatic heterocycles. The molecule has 0 aromatic carbocycles. The molecule has 0 aliphatic carbocycles. The van der Waals surface area contributed by atoms with E-state index in [4.69, 9.17) is 9.73 Å². The Hall–Kier alpha value is -0.810. The van der Waals surface area contributed by atoms with Crippen LogP contribution in [0.3, 0.4) is 0 Å². The van der Waals surface area contributed by atoms with E-state index in [-0.39, 0.29) is 5.54 Å². The molecule has 0 saturated carbocycles. The molecule has 5 nitrogen and oxygen atoms in total. The van der Waals surface area contributed by atoms with Gasteiger partial charge >= 0.3 is 0 Å². The van der Waals surface area contributed by atoms with Crippen molar-refractivity contribution >= 4 is 5.96 Å². The lowest BCUT2D eigenvalue weighted by molar-refractivity contribution is 0.00901. The first kappa shape index (κ1) is 17.2. The van der Waals surface area contributed by atoms with Crippen molar-refractivity contribution in [1.82, 2.24) is 14.7 Å². The maximum atomic E-state index is 5.45. The smallest absolute Gasteiger partial charge is 0.195 e. The van der Waals surface area contributed by atoms with Gasteiger partial charge < -0.3 is 14.5 Å². The molecule has 0 bridgehead atoms. The quantitative estimate of drug-likeness (QED) is 0.576. The molecule has 0 aromatic rings. The van der Waals surface area contributed by atoms with Crippen LogP contribution < -0.4 is 0 Å². The Morgan fingerprint density at radius 3 is 2.05 bits per heavy atom. The molecule has 5 heteroatoms. The lowest BCUT2D eigenvalue weighted by Crippen LogP contribution is -2.51. The Morgan fingerprint density at radius 2 is 1.65 bits per heavy atom. The van der Waals surface area contributed by atoms with E-state index in [0.29, 0.717) is 6.10 Å². The normalized spacial score (nSPS) is 17.9. The van der Waals surface area contributed by atoms with Gasteiger partial charge in [-0.1, -0.05) is 0 Å². The van der Waals surface area contributed by atoms with Gasteiger partial charge in [-0.25, -0.2) is 0 Å². The average molecular weight is 284 g/mol. The third kappa shape index (κ3) is 4.63. The molecule has 20 heavy (non-hydrogen) atoms. The van der Waals surface area contributed by atoms with Crippen LogP contribution in [0.5, 0.6) is 0 Å². The molecule has 1 heterocycles.